The van der Waals surface area contributed by atoms with Gasteiger partial charge in [-0.2, -0.15) is 0 Å². The Morgan fingerprint density at radius 1 is 1.04 bits per heavy atom. The van der Waals surface area contributed by atoms with Gasteiger partial charge >= 0.3 is 0 Å². The summed E-state index contributed by atoms with van der Waals surface area (Å²) in [5.41, 5.74) is 1.66. The normalized spacial score (nSPS) is 16.8. The van der Waals surface area contributed by atoms with Crippen molar-refractivity contribution >= 4 is 21.8 Å². The second-order valence-corrected chi connectivity index (χ2v) is 7.23. The van der Waals surface area contributed by atoms with Gasteiger partial charge in [-0.1, -0.05) is 6.07 Å². The largest absolute Gasteiger partial charge is 0.454 e. The van der Waals surface area contributed by atoms with Crippen LogP contribution in [0.5, 0.6) is 11.5 Å². The molecule has 1 saturated heterocycles. The molecule has 5 nitrogen and oxygen atoms in total. The SMILES string of the molecule is O=C(c1ccc(F)cc1Br)N1CCN(Cc2ccc3c(c2)OCO3)CC1. The maximum atomic E-state index is 13.2. The molecule has 136 valence electrons. The van der Waals surface area contributed by atoms with E-state index in [2.05, 4.69) is 20.8 Å². The average Bonchev–Trinajstić information content (AvgIpc) is 3.10. The van der Waals surface area contributed by atoms with E-state index in [9.17, 15) is 9.18 Å². The van der Waals surface area contributed by atoms with Crippen LogP contribution in [0.15, 0.2) is 40.9 Å². The molecule has 2 aliphatic heterocycles. The van der Waals surface area contributed by atoms with E-state index in [-0.39, 0.29) is 18.5 Å². The van der Waals surface area contributed by atoms with E-state index in [0.29, 0.717) is 23.1 Å². The predicted octanol–water partition coefficient (Wildman–Crippen LogP) is 3.27. The van der Waals surface area contributed by atoms with Crippen LogP contribution in [0.4, 0.5) is 4.39 Å². The minimum atomic E-state index is -0.359. The van der Waals surface area contributed by atoms with Crippen LogP contribution in [0.1, 0.15) is 15.9 Å². The number of ether oxygens (including phenoxy) is 2. The van der Waals surface area contributed by atoms with Gasteiger partial charge in [-0.3, -0.25) is 9.69 Å². The molecule has 2 aliphatic rings. The first kappa shape index (κ1) is 17.3. The Bertz CT molecular complexity index is 838. The number of hydrogen-bond donors (Lipinski definition) is 0. The Labute approximate surface area is 159 Å². The fraction of sp³-hybridized carbons (Fsp3) is 0.316. The van der Waals surface area contributed by atoms with Crippen molar-refractivity contribution in [3.63, 3.8) is 0 Å². The van der Waals surface area contributed by atoms with Gasteiger partial charge in [0, 0.05) is 37.2 Å². The van der Waals surface area contributed by atoms with Crippen LogP contribution in [0, 0.1) is 5.82 Å². The number of rotatable bonds is 3. The molecule has 0 unspecified atom stereocenters. The zero-order valence-electron chi connectivity index (χ0n) is 14.1. The smallest absolute Gasteiger partial charge is 0.255 e. The highest BCUT2D eigenvalue weighted by molar-refractivity contribution is 9.10. The lowest BCUT2D eigenvalue weighted by atomic mass is 10.1. The average molecular weight is 421 g/mol. The topological polar surface area (TPSA) is 42.0 Å². The molecule has 0 radical (unpaired) electrons. The Hall–Kier alpha value is -2.12. The quantitative estimate of drug-likeness (QED) is 0.763. The standard InChI is InChI=1S/C19H18BrFN2O3/c20-16-10-14(21)2-3-15(16)19(24)23-7-5-22(6-8-23)11-13-1-4-17-18(9-13)26-12-25-17/h1-4,9-10H,5-8,11-12H2. The summed E-state index contributed by atoms with van der Waals surface area (Å²) >= 11 is 3.27. The van der Waals surface area contributed by atoms with Crippen molar-refractivity contribution in [3.8, 4) is 11.5 Å². The molecule has 2 aromatic rings. The summed E-state index contributed by atoms with van der Waals surface area (Å²) in [6.07, 6.45) is 0. The third-order valence-electron chi connectivity index (χ3n) is 4.66. The van der Waals surface area contributed by atoms with Crippen molar-refractivity contribution in [3.05, 3.63) is 57.8 Å². The fourth-order valence-electron chi connectivity index (χ4n) is 3.24. The fourth-order valence-corrected chi connectivity index (χ4v) is 3.76. The van der Waals surface area contributed by atoms with Crippen LogP contribution < -0.4 is 9.47 Å². The molecule has 0 aromatic heterocycles. The third kappa shape index (κ3) is 3.54. The Balaban J connectivity index is 1.36. The predicted molar refractivity (Wildman–Crippen MR) is 97.8 cm³/mol. The van der Waals surface area contributed by atoms with Crippen molar-refractivity contribution in [1.82, 2.24) is 9.80 Å². The van der Waals surface area contributed by atoms with Crippen molar-refractivity contribution in [2.75, 3.05) is 33.0 Å². The van der Waals surface area contributed by atoms with Crippen LogP contribution in [-0.2, 0) is 6.54 Å². The van der Waals surface area contributed by atoms with E-state index in [4.69, 9.17) is 9.47 Å². The summed E-state index contributed by atoms with van der Waals surface area (Å²) in [4.78, 5) is 16.8. The molecule has 2 heterocycles. The summed E-state index contributed by atoms with van der Waals surface area (Å²) in [5.74, 6) is 1.15. The number of amides is 1. The van der Waals surface area contributed by atoms with Crippen LogP contribution in [0.3, 0.4) is 0 Å². The molecular formula is C19H18BrFN2O3. The summed E-state index contributed by atoms with van der Waals surface area (Å²) < 4.78 is 24.5. The molecule has 1 amide bonds. The van der Waals surface area contributed by atoms with E-state index in [1.54, 1.807) is 0 Å². The maximum absolute atomic E-state index is 13.2. The van der Waals surface area contributed by atoms with Crippen molar-refractivity contribution in [1.29, 1.82) is 0 Å². The highest BCUT2D eigenvalue weighted by Crippen LogP contribution is 2.33. The second-order valence-electron chi connectivity index (χ2n) is 6.38. The van der Waals surface area contributed by atoms with Crippen molar-refractivity contribution in [2.45, 2.75) is 6.54 Å². The number of fused-ring (bicyclic) bond motifs is 1. The second kappa shape index (κ2) is 7.25. The number of piperazine rings is 1. The van der Waals surface area contributed by atoms with E-state index < -0.39 is 0 Å². The lowest BCUT2D eigenvalue weighted by molar-refractivity contribution is 0.0627. The molecule has 2 aromatic carbocycles. The highest BCUT2D eigenvalue weighted by atomic mass is 79.9. The molecular weight excluding hydrogens is 403 g/mol. The van der Waals surface area contributed by atoms with Crippen LogP contribution in [0.2, 0.25) is 0 Å². The molecule has 0 N–H and O–H groups in total. The van der Waals surface area contributed by atoms with Gasteiger partial charge in [-0.15, -0.1) is 0 Å². The van der Waals surface area contributed by atoms with E-state index in [0.717, 1.165) is 36.7 Å². The van der Waals surface area contributed by atoms with Gasteiger partial charge in [-0.05, 0) is 51.8 Å². The lowest BCUT2D eigenvalue weighted by Gasteiger charge is -2.35. The van der Waals surface area contributed by atoms with Gasteiger partial charge in [0.1, 0.15) is 5.82 Å². The number of carbonyl (C=O) groups excluding carboxylic acids is 1. The molecule has 1 fully saturated rings. The van der Waals surface area contributed by atoms with Gasteiger partial charge < -0.3 is 14.4 Å². The Morgan fingerprint density at radius 2 is 1.81 bits per heavy atom. The van der Waals surface area contributed by atoms with Gasteiger partial charge in [0.25, 0.3) is 5.91 Å². The van der Waals surface area contributed by atoms with Gasteiger partial charge in [0.15, 0.2) is 11.5 Å². The van der Waals surface area contributed by atoms with E-state index in [1.807, 2.05) is 23.1 Å². The van der Waals surface area contributed by atoms with Gasteiger partial charge in [0.2, 0.25) is 6.79 Å². The molecule has 7 heteroatoms. The Morgan fingerprint density at radius 3 is 2.58 bits per heavy atom. The number of benzene rings is 2. The Kier molecular flexibility index (Phi) is 4.82. The number of carbonyl (C=O) groups is 1. The summed E-state index contributed by atoms with van der Waals surface area (Å²) in [5, 5.41) is 0. The van der Waals surface area contributed by atoms with Crippen LogP contribution in [-0.4, -0.2) is 48.7 Å². The minimum absolute atomic E-state index is 0.0698. The first-order chi connectivity index (χ1) is 12.6. The van der Waals surface area contributed by atoms with Crippen molar-refractivity contribution < 1.29 is 18.7 Å². The van der Waals surface area contributed by atoms with E-state index in [1.165, 1.54) is 18.2 Å². The number of halogens is 2. The summed E-state index contributed by atoms with van der Waals surface area (Å²) in [6.45, 7) is 3.95. The molecule has 0 saturated carbocycles. The zero-order chi connectivity index (χ0) is 18.1. The third-order valence-corrected chi connectivity index (χ3v) is 5.32. The van der Waals surface area contributed by atoms with Gasteiger partial charge in [0.05, 0.1) is 5.56 Å². The van der Waals surface area contributed by atoms with E-state index >= 15 is 0 Å². The highest BCUT2D eigenvalue weighted by Gasteiger charge is 2.24. The number of nitrogens with zero attached hydrogens (tertiary/aromatic N) is 2. The molecule has 0 atom stereocenters. The molecule has 4 rings (SSSR count). The molecule has 0 aliphatic carbocycles. The first-order valence-electron chi connectivity index (χ1n) is 8.45. The molecule has 0 bridgehead atoms. The monoisotopic (exact) mass is 420 g/mol. The summed E-state index contributed by atoms with van der Waals surface area (Å²) in [6, 6.07) is 10.2. The maximum Gasteiger partial charge on any atom is 0.255 e. The minimum Gasteiger partial charge on any atom is -0.454 e. The molecule has 26 heavy (non-hydrogen) atoms. The number of hydrogen-bond acceptors (Lipinski definition) is 4. The van der Waals surface area contributed by atoms with Crippen molar-refractivity contribution in [2.24, 2.45) is 0 Å². The van der Waals surface area contributed by atoms with Gasteiger partial charge in [-0.25, -0.2) is 4.39 Å². The molecule has 0 spiro atoms. The lowest BCUT2D eigenvalue weighted by Crippen LogP contribution is -2.48. The zero-order valence-corrected chi connectivity index (χ0v) is 15.7. The van der Waals surface area contributed by atoms with Crippen LogP contribution >= 0.6 is 15.9 Å². The first-order valence-corrected chi connectivity index (χ1v) is 9.25. The van der Waals surface area contributed by atoms with Crippen LogP contribution in [0.25, 0.3) is 0 Å². The summed E-state index contributed by atoms with van der Waals surface area (Å²) in [7, 11) is 0.